The zero-order chi connectivity index (χ0) is 42.3. The fourth-order valence-corrected chi connectivity index (χ4v) is 5.79. The summed E-state index contributed by atoms with van der Waals surface area (Å²) in [4.78, 5) is 39.6. The predicted octanol–water partition coefficient (Wildman–Crippen LogP) is 6.82. The molecule has 0 saturated carbocycles. The van der Waals surface area contributed by atoms with Gasteiger partial charge in [0.05, 0.1) is 18.6 Å². The molecule has 0 unspecified atom stereocenters. The second-order valence-electron chi connectivity index (χ2n) is 13.2. The van der Waals surface area contributed by atoms with E-state index in [2.05, 4.69) is 36.5 Å². The Labute approximate surface area is 354 Å². The molecule has 0 aliphatic rings. The third-order valence-electron chi connectivity index (χ3n) is 8.97. The number of hydrogen-bond acceptors (Lipinski definition) is 10. The van der Waals surface area contributed by atoms with Crippen molar-refractivity contribution in [1.82, 2.24) is 21.2 Å². The highest BCUT2D eigenvalue weighted by Gasteiger charge is 2.11. The van der Waals surface area contributed by atoms with Crippen molar-refractivity contribution < 1.29 is 28.6 Å². The molecule has 0 saturated heterocycles. The first-order valence-electron chi connectivity index (χ1n) is 19.6. The molecule has 308 valence electrons. The number of amides is 3. The number of nitrogens with zero attached hydrogens (tertiary/aromatic N) is 4. The van der Waals surface area contributed by atoms with Crippen LogP contribution in [0, 0.1) is 0 Å². The van der Waals surface area contributed by atoms with E-state index in [9.17, 15) is 14.4 Å². The average Bonchev–Trinajstić information content (AvgIpc) is 3.31. The maximum atomic E-state index is 12.5. The maximum absolute atomic E-state index is 12.5. The minimum absolute atomic E-state index is 0.315. The van der Waals surface area contributed by atoms with Gasteiger partial charge >= 0.3 is 0 Å². The number of hydrogen-bond donors (Lipinski definition) is 3. The van der Waals surface area contributed by atoms with Crippen LogP contribution in [-0.4, -0.2) is 80.7 Å². The summed E-state index contributed by atoms with van der Waals surface area (Å²) in [6.07, 6.45) is 4.66. The summed E-state index contributed by atoms with van der Waals surface area (Å²) in [5, 5.41) is 12.4. The van der Waals surface area contributed by atoms with Crippen LogP contribution < -0.4 is 30.5 Å². The topological polar surface area (TPSA) is 155 Å². The Bertz CT molecular complexity index is 2140. The van der Waals surface area contributed by atoms with Crippen LogP contribution in [0.1, 0.15) is 47.8 Å². The highest BCUT2D eigenvalue weighted by Crippen LogP contribution is 2.19. The van der Waals surface area contributed by atoms with Crippen molar-refractivity contribution in [2.24, 2.45) is 15.3 Å². The third-order valence-corrected chi connectivity index (χ3v) is 8.97. The second-order valence-corrected chi connectivity index (χ2v) is 13.2. The van der Waals surface area contributed by atoms with Gasteiger partial charge in [-0.05, 0) is 72.8 Å². The highest BCUT2D eigenvalue weighted by molar-refractivity contribution is 5.96. The molecule has 13 heteroatoms. The van der Waals surface area contributed by atoms with Gasteiger partial charge in [-0.2, -0.15) is 15.3 Å². The third kappa shape index (κ3) is 13.9. The molecule has 0 aromatic heterocycles. The molecule has 3 amide bonds. The van der Waals surface area contributed by atoms with E-state index in [4.69, 9.17) is 14.2 Å². The first-order chi connectivity index (χ1) is 30.0. The van der Waals surface area contributed by atoms with Crippen LogP contribution in [0.2, 0.25) is 0 Å². The fraction of sp³-hybridized carbons (Fsp3) is 0.125. The van der Waals surface area contributed by atoms with Crippen LogP contribution in [0.15, 0.2) is 179 Å². The summed E-state index contributed by atoms with van der Waals surface area (Å²) < 4.78 is 18.7. The summed E-state index contributed by atoms with van der Waals surface area (Å²) in [6.45, 7) is 2.55. The lowest BCUT2D eigenvalue weighted by Gasteiger charge is -2.23. The van der Waals surface area contributed by atoms with E-state index in [0.29, 0.717) is 90.1 Å². The lowest BCUT2D eigenvalue weighted by Crippen LogP contribution is -2.35. The van der Waals surface area contributed by atoms with Gasteiger partial charge in [0.15, 0.2) is 0 Å². The molecular formula is C48H45N7O6. The van der Waals surface area contributed by atoms with E-state index in [-0.39, 0.29) is 17.7 Å². The average molecular weight is 816 g/mol. The lowest BCUT2D eigenvalue weighted by atomic mass is 10.2. The van der Waals surface area contributed by atoms with Crippen molar-refractivity contribution in [3.8, 4) is 17.2 Å². The summed E-state index contributed by atoms with van der Waals surface area (Å²) in [7, 11) is 0. The molecule has 3 N–H and O–H groups in total. The van der Waals surface area contributed by atoms with E-state index >= 15 is 0 Å². The zero-order valence-corrected chi connectivity index (χ0v) is 33.3. The number of carbonyl (C=O) groups excluding carboxylic acids is 3. The molecule has 61 heavy (non-hydrogen) atoms. The van der Waals surface area contributed by atoms with Crippen LogP contribution in [0.25, 0.3) is 0 Å². The number of rotatable bonds is 21. The number of hydrazone groups is 3. The standard InChI is InChI=1S/C48H45N7O6/c56-46(37-16-4-1-5-17-37)52-49-34-40-22-10-13-25-43(40)59-31-28-55(29-32-60-44-26-14-11-23-41(44)35-50-53-47(57)38-18-6-2-7-19-38)30-33-61-45-27-15-12-24-42(45)36-51-54-48(58)39-20-8-3-9-21-39/h1-27,34-36H,28-33H2,(H,52,56)(H,53,57)(H,54,58)/b49-34+,50-35+,51-36+. The van der Waals surface area contributed by atoms with Gasteiger partial charge in [-0.15, -0.1) is 0 Å². The van der Waals surface area contributed by atoms with E-state index in [1.54, 1.807) is 91.4 Å². The molecule has 0 heterocycles. The Morgan fingerprint density at radius 2 is 0.656 bits per heavy atom. The molecular weight excluding hydrogens is 771 g/mol. The number of benzene rings is 6. The van der Waals surface area contributed by atoms with Crippen molar-refractivity contribution in [2.75, 3.05) is 39.5 Å². The normalized spacial score (nSPS) is 11.2. The largest absolute Gasteiger partial charge is 0.492 e. The minimum Gasteiger partial charge on any atom is -0.492 e. The quantitative estimate of drug-likeness (QED) is 0.0532. The Hall–Kier alpha value is -7.90. The summed E-state index contributed by atoms with van der Waals surface area (Å²) in [5.74, 6) is 0.868. The van der Waals surface area contributed by atoms with E-state index in [1.165, 1.54) is 0 Å². The monoisotopic (exact) mass is 815 g/mol. The molecule has 6 rings (SSSR count). The summed E-state index contributed by atoms with van der Waals surface area (Å²) in [5.41, 5.74) is 11.3. The molecule has 0 aliphatic heterocycles. The molecule has 0 aliphatic carbocycles. The minimum atomic E-state index is -0.315. The van der Waals surface area contributed by atoms with Crippen molar-refractivity contribution in [1.29, 1.82) is 0 Å². The zero-order valence-electron chi connectivity index (χ0n) is 33.3. The Morgan fingerprint density at radius 1 is 0.393 bits per heavy atom. The van der Waals surface area contributed by atoms with Gasteiger partial charge in [0.2, 0.25) is 0 Å². The van der Waals surface area contributed by atoms with E-state index in [0.717, 1.165) is 0 Å². The van der Waals surface area contributed by atoms with Gasteiger partial charge in [-0.1, -0.05) is 91.0 Å². The van der Waals surface area contributed by atoms with Crippen molar-refractivity contribution in [2.45, 2.75) is 0 Å². The van der Waals surface area contributed by atoms with E-state index < -0.39 is 0 Å². The first-order valence-corrected chi connectivity index (χ1v) is 19.6. The smallest absolute Gasteiger partial charge is 0.271 e. The van der Waals surface area contributed by atoms with Gasteiger partial charge in [-0.3, -0.25) is 19.3 Å². The van der Waals surface area contributed by atoms with Crippen molar-refractivity contribution in [3.05, 3.63) is 197 Å². The second kappa shape index (κ2) is 23.5. The highest BCUT2D eigenvalue weighted by atomic mass is 16.5. The molecule has 0 fully saturated rings. The molecule has 6 aromatic rings. The van der Waals surface area contributed by atoms with Crippen LogP contribution in [0.3, 0.4) is 0 Å². The maximum Gasteiger partial charge on any atom is 0.271 e. The van der Waals surface area contributed by atoms with Crippen molar-refractivity contribution >= 4 is 36.4 Å². The fourth-order valence-electron chi connectivity index (χ4n) is 5.79. The molecule has 13 nitrogen and oxygen atoms in total. The molecule has 0 bridgehead atoms. The molecule has 0 radical (unpaired) electrons. The number of para-hydroxylation sites is 3. The van der Waals surface area contributed by atoms with Gasteiger partial charge in [0, 0.05) is 53.0 Å². The van der Waals surface area contributed by atoms with Crippen LogP contribution in [0.4, 0.5) is 0 Å². The summed E-state index contributed by atoms with van der Waals surface area (Å²) >= 11 is 0. The number of carbonyl (C=O) groups is 3. The Kier molecular flexibility index (Phi) is 16.4. The number of nitrogens with one attached hydrogen (secondary N) is 3. The van der Waals surface area contributed by atoms with Crippen LogP contribution >= 0.6 is 0 Å². The van der Waals surface area contributed by atoms with Gasteiger partial charge < -0.3 is 14.2 Å². The summed E-state index contributed by atoms with van der Waals surface area (Å²) in [6, 6.07) is 48.9. The molecule has 0 spiro atoms. The first kappa shape index (κ1) is 42.7. The van der Waals surface area contributed by atoms with E-state index in [1.807, 2.05) is 91.0 Å². The molecule has 0 atom stereocenters. The SMILES string of the molecule is O=C(N/N=C/c1ccccc1OCCN(CCOc1ccccc1/C=N/NC(=O)c1ccccc1)CCOc1ccccc1/C=N/NC(=O)c1ccccc1)c1ccccc1. The lowest BCUT2D eigenvalue weighted by molar-refractivity contribution is 0.0947. The Balaban J connectivity index is 1.07. The number of ether oxygens (including phenoxy) is 3. The van der Waals surface area contributed by atoms with Gasteiger partial charge in [-0.25, -0.2) is 16.3 Å². The van der Waals surface area contributed by atoms with Crippen LogP contribution in [0.5, 0.6) is 17.2 Å². The Morgan fingerprint density at radius 3 is 0.951 bits per heavy atom. The van der Waals surface area contributed by atoms with Crippen LogP contribution in [-0.2, 0) is 0 Å². The van der Waals surface area contributed by atoms with Crippen molar-refractivity contribution in [3.63, 3.8) is 0 Å². The predicted molar refractivity (Wildman–Crippen MR) is 237 cm³/mol. The molecule has 6 aromatic carbocycles. The van der Waals surface area contributed by atoms with Gasteiger partial charge in [0.1, 0.15) is 37.1 Å². The van der Waals surface area contributed by atoms with Gasteiger partial charge in [0.25, 0.3) is 17.7 Å².